The van der Waals surface area contributed by atoms with Gasteiger partial charge in [0.25, 0.3) is 5.91 Å². The van der Waals surface area contributed by atoms with Gasteiger partial charge in [-0.15, -0.1) is 0 Å². The first-order valence-corrected chi connectivity index (χ1v) is 8.80. The Labute approximate surface area is 157 Å². The lowest BCUT2D eigenvalue weighted by Gasteiger charge is -2.17. The molecule has 0 bridgehead atoms. The maximum absolute atomic E-state index is 12.9. The van der Waals surface area contributed by atoms with Crippen LogP contribution in [0.2, 0.25) is 0 Å². The standard InChI is InChI=1S/C21H22N2O4/c1-13-9-14(2)11-16(10-13)21(7-8-21)20(27)23-17-5-3-15(4-6-17)19(26)22-12-18(24)25/h3-6,9-11H,7-8,12H2,1-2H3,(H,22,26)(H,23,27)(H,24,25). The summed E-state index contributed by atoms with van der Waals surface area (Å²) in [5, 5.41) is 13.8. The third kappa shape index (κ3) is 4.16. The van der Waals surface area contributed by atoms with Crippen molar-refractivity contribution >= 4 is 23.5 Å². The van der Waals surface area contributed by atoms with Gasteiger partial charge in [-0.25, -0.2) is 0 Å². The van der Waals surface area contributed by atoms with Gasteiger partial charge in [0, 0.05) is 11.3 Å². The fraction of sp³-hybridized carbons (Fsp3) is 0.286. The van der Waals surface area contributed by atoms with E-state index in [2.05, 4.69) is 28.8 Å². The van der Waals surface area contributed by atoms with Crippen LogP contribution in [0, 0.1) is 13.8 Å². The highest BCUT2D eigenvalue weighted by Crippen LogP contribution is 2.49. The lowest BCUT2D eigenvalue weighted by molar-refractivity contribution is -0.135. The van der Waals surface area contributed by atoms with Crippen molar-refractivity contribution in [3.63, 3.8) is 0 Å². The Balaban J connectivity index is 1.69. The molecule has 27 heavy (non-hydrogen) atoms. The molecule has 0 saturated heterocycles. The third-order valence-electron chi connectivity index (χ3n) is 4.76. The van der Waals surface area contributed by atoms with E-state index < -0.39 is 23.8 Å². The second-order valence-electron chi connectivity index (χ2n) is 7.07. The van der Waals surface area contributed by atoms with Crippen molar-refractivity contribution in [3.8, 4) is 0 Å². The molecule has 0 spiro atoms. The summed E-state index contributed by atoms with van der Waals surface area (Å²) >= 11 is 0. The van der Waals surface area contributed by atoms with Crippen LogP contribution in [0.25, 0.3) is 0 Å². The molecule has 2 aromatic rings. The largest absolute Gasteiger partial charge is 0.480 e. The first-order valence-electron chi connectivity index (χ1n) is 8.80. The molecule has 1 aliphatic rings. The van der Waals surface area contributed by atoms with E-state index in [0.29, 0.717) is 11.3 Å². The zero-order valence-corrected chi connectivity index (χ0v) is 15.3. The van der Waals surface area contributed by atoms with Crippen LogP contribution in [-0.2, 0) is 15.0 Å². The van der Waals surface area contributed by atoms with Gasteiger partial charge in [-0.2, -0.15) is 0 Å². The Morgan fingerprint density at radius 3 is 2.11 bits per heavy atom. The van der Waals surface area contributed by atoms with Crippen molar-refractivity contribution in [2.45, 2.75) is 32.1 Å². The van der Waals surface area contributed by atoms with Gasteiger partial charge in [0.15, 0.2) is 0 Å². The molecule has 6 heteroatoms. The van der Waals surface area contributed by atoms with Crippen LogP contribution < -0.4 is 10.6 Å². The Morgan fingerprint density at radius 2 is 1.59 bits per heavy atom. The molecular weight excluding hydrogens is 344 g/mol. The highest BCUT2D eigenvalue weighted by atomic mass is 16.4. The molecule has 6 nitrogen and oxygen atoms in total. The quantitative estimate of drug-likeness (QED) is 0.732. The van der Waals surface area contributed by atoms with E-state index in [9.17, 15) is 14.4 Å². The summed E-state index contributed by atoms with van der Waals surface area (Å²) in [6.07, 6.45) is 1.63. The molecule has 3 rings (SSSR count). The van der Waals surface area contributed by atoms with Crippen LogP contribution in [0.4, 0.5) is 5.69 Å². The van der Waals surface area contributed by atoms with Crippen LogP contribution >= 0.6 is 0 Å². The van der Waals surface area contributed by atoms with Gasteiger partial charge in [0.1, 0.15) is 6.54 Å². The molecular formula is C21H22N2O4. The second kappa shape index (κ2) is 7.23. The van der Waals surface area contributed by atoms with Crippen LogP contribution in [-0.4, -0.2) is 29.4 Å². The number of aryl methyl sites for hydroxylation is 2. The third-order valence-corrected chi connectivity index (χ3v) is 4.76. The van der Waals surface area contributed by atoms with E-state index in [1.807, 2.05) is 13.8 Å². The molecule has 0 aliphatic heterocycles. The number of rotatable bonds is 6. The fourth-order valence-electron chi connectivity index (χ4n) is 3.24. The first kappa shape index (κ1) is 18.6. The van der Waals surface area contributed by atoms with E-state index >= 15 is 0 Å². The number of aliphatic carboxylic acids is 1. The molecule has 2 amide bonds. The number of amides is 2. The average Bonchev–Trinajstić information content (AvgIpc) is 3.41. The number of benzene rings is 2. The van der Waals surface area contributed by atoms with Crippen LogP contribution in [0.1, 0.15) is 39.9 Å². The highest BCUT2D eigenvalue weighted by Gasteiger charge is 2.51. The molecule has 3 N–H and O–H groups in total. The maximum Gasteiger partial charge on any atom is 0.322 e. The zero-order valence-electron chi connectivity index (χ0n) is 15.3. The smallest absolute Gasteiger partial charge is 0.322 e. The Morgan fingerprint density at radius 1 is 1.00 bits per heavy atom. The fourth-order valence-corrected chi connectivity index (χ4v) is 3.24. The summed E-state index contributed by atoms with van der Waals surface area (Å²) in [6.45, 7) is 3.62. The molecule has 0 heterocycles. The summed E-state index contributed by atoms with van der Waals surface area (Å²) in [5.74, 6) is -1.62. The van der Waals surface area contributed by atoms with E-state index in [1.165, 1.54) is 0 Å². The van der Waals surface area contributed by atoms with Crippen LogP contribution in [0.3, 0.4) is 0 Å². The summed E-state index contributed by atoms with van der Waals surface area (Å²) in [6, 6.07) is 12.6. The summed E-state index contributed by atoms with van der Waals surface area (Å²) in [5.41, 5.74) is 3.79. The van der Waals surface area contributed by atoms with Crippen molar-refractivity contribution in [2.75, 3.05) is 11.9 Å². The highest BCUT2D eigenvalue weighted by molar-refractivity contribution is 6.02. The SMILES string of the molecule is Cc1cc(C)cc(C2(C(=O)Nc3ccc(C(=O)NCC(=O)O)cc3)CC2)c1. The minimum absolute atomic E-state index is 0.0458. The Bertz CT molecular complexity index is 879. The monoisotopic (exact) mass is 366 g/mol. The number of carbonyl (C=O) groups is 3. The predicted octanol–water partition coefficient (Wildman–Crippen LogP) is 2.79. The molecule has 0 radical (unpaired) electrons. The maximum atomic E-state index is 12.9. The molecule has 0 atom stereocenters. The summed E-state index contributed by atoms with van der Waals surface area (Å²) < 4.78 is 0. The summed E-state index contributed by atoms with van der Waals surface area (Å²) in [7, 11) is 0. The predicted molar refractivity (Wildman–Crippen MR) is 102 cm³/mol. The van der Waals surface area contributed by atoms with E-state index in [4.69, 9.17) is 5.11 Å². The average molecular weight is 366 g/mol. The number of carboxylic acids is 1. The topological polar surface area (TPSA) is 95.5 Å². The molecule has 0 unspecified atom stereocenters. The minimum atomic E-state index is -1.10. The van der Waals surface area contributed by atoms with E-state index in [0.717, 1.165) is 29.5 Å². The molecule has 1 fully saturated rings. The molecule has 1 saturated carbocycles. The number of hydrogen-bond acceptors (Lipinski definition) is 3. The first-order chi connectivity index (χ1) is 12.8. The van der Waals surface area contributed by atoms with Crippen LogP contribution in [0.5, 0.6) is 0 Å². The second-order valence-corrected chi connectivity index (χ2v) is 7.07. The lowest BCUT2D eigenvalue weighted by atomic mass is 9.92. The zero-order chi connectivity index (χ0) is 19.6. The van der Waals surface area contributed by atoms with Crippen molar-refractivity contribution in [3.05, 3.63) is 64.7 Å². The van der Waals surface area contributed by atoms with Crippen LogP contribution in [0.15, 0.2) is 42.5 Å². The van der Waals surface area contributed by atoms with Crippen molar-refractivity contribution in [1.82, 2.24) is 5.32 Å². The van der Waals surface area contributed by atoms with Gasteiger partial charge in [-0.05, 0) is 56.5 Å². The molecule has 2 aromatic carbocycles. The minimum Gasteiger partial charge on any atom is -0.480 e. The number of anilines is 1. The molecule has 0 aromatic heterocycles. The number of nitrogens with one attached hydrogen (secondary N) is 2. The van der Waals surface area contributed by atoms with Crippen molar-refractivity contribution < 1.29 is 19.5 Å². The van der Waals surface area contributed by atoms with Gasteiger partial charge in [0.05, 0.1) is 5.41 Å². The molecule has 1 aliphatic carbocycles. The van der Waals surface area contributed by atoms with Gasteiger partial charge in [0.2, 0.25) is 5.91 Å². The number of carbonyl (C=O) groups excluding carboxylic acids is 2. The van der Waals surface area contributed by atoms with Gasteiger partial charge in [-0.1, -0.05) is 29.3 Å². The van der Waals surface area contributed by atoms with Gasteiger partial charge < -0.3 is 15.7 Å². The van der Waals surface area contributed by atoms with Crippen molar-refractivity contribution in [2.24, 2.45) is 0 Å². The summed E-state index contributed by atoms with van der Waals surface area (Å²) in [4.78, 5) is 35.2. The molecule has 140 valence electrons. The van der Waals surface area contributed by atoms with E-state index in [1.54, 1.807) is 24.3 Å². The van der Waals surface area contributed by atoms with Gasteiger partial charge >= 0.3 is 5.97 Å². The van der Waals surface area contributed by atoms with Crippen molar-refractivity contribution in [1.29, 1.82) is 0 Å². The van der Waals surface area contributed by atoms with Gasteiger partial charge in [-0.3, -0.25) is 14.4 Å². The Hall–Kier alpha value is -3.15. The normalized spacial score (nSPS) is 14.3. The van der Waals surface area contributed by atoms with E-state index in [-0.39, 0.29) is 5.91 Å². The Kier molecular flexibility index (Phi) is 4.99. The number of carboxylic acid groups (broad SMARTS) is 1. The lowest BCUT2D eigenvalue weighted by Crippen LogP contribution is -2.29. The number of hydrogen-bond donors (Lipinski definition) is 3.